The average molecular weight is 837 g/mol. The monoisotopic (exact) mass is 836 g/mol. The third-order valence-corrected chi connectivity index (χ3v) is 10.4. The molecule has 59 heavy (non-hydrogen) atoms. The number of primary amides is 1. The molecule has 1 aromatic heterocycles. The molecule has 0 unspecified atom stereocenters. The lowest BCUT2D eigenvalue weighted by Gasteiger charge is -2.23. The van der Waals surface area contributed by atoms with Gasteiger partial charge >= 0.3 is 0 Å². The van der Waals surface area contributed by atoms with Crippen LogP contribution in [-0.4, -0.2) is 71.3 Å². The van der Waals surface area contributed by atoms with E-state index in [0.717, 1.165) is 15.5 Å². The molecule has 6 amide bonds. The number of aliphatic hydroxyl groups is 1. The minimum absolute atomic E-state index is 0.0196. The minimum Gasteiger partial charge on any atom is -0.383 e. The zero-order valence-electron chi connectivity index (χ0n) is 32.2. The largest absolute Gasteiger partial charge is 0.383 e. The lowest BCUT2D eigenvalue weighted by Crippen LogP contribution is -2.56. The number of carbonyl (C=O) groups excluding carboxylic acids is 6. The summed E-state index contributed by atoms with van der Waals surface area (Å²) in [6.07, 6.45) is -2.13. The number of benzene rings is 4. The minimum atomic E-state index is -1.72. The highest BCUT2D eigenvalue weighted by atomic mass is 35.5. The maximum atomic E-state index is 13.4. The molecular weight excluding hydrogens is 792 g/mol. The van der Waals surface area contributed by atoms with Gasteiger partial charge in [0.15, 0.2) is 0 Å². The molecule has 4 atom stereocenters. The first-order valence-electron chi connectivity index (χ1n) is 18.8. The van der Waals surface area contributed by atoms with Gasteiger partial charge in [-0.3, -0.25) is 28.8 Å². The van der Waals surface area contributed by atoms with Gasteiger partial charge in [0.05, 0.1) is 13.0 Å². The predicted octanol–water partition coefficient (Wildman–Crippen LogP) is 3.85. The Morgan fingerprint density at radius 3 is 1.97 bits per heavy atom. The van der Waals surface area contributed by atoms with Crippen LogP contribution in [0.1, 0.15) is 28.0 Å². The summed E-state index contributed by atoms with van der Waals surface area (Å²) in [5, 5.41) is 25.7. The van der Waals surface area contributed by atoms with E-state index < -0.39 is 72.6 Å². The van der Waals surface area contributed by atoms with Crippen molar-refractivity contribution in [2.45, 2.75) is 56.8 Å². The Morgan fingerprint density at radius 1 is 0.712 bits per heavy atom. The van der Waals surface area contributed by atoms with E-state index in [2.05, 4.69) is 57.8 Å². The van der Waals surface area contributed by atoms with Crippen LogP contribution in [0, 0.1) is 6.92 Å². The number of aryl methyl sites for hydroxylation is 1. The Balaban J connectivity index is 0.000000395. The van der Waals surface area contributed by atoms with Crippen molar-refractivity contribution in [3.05, 3.63) is 147 Å². The number of hydrogen-bond acceptors (Lipinski definition) is 8. The molecule has 4 aromatic carbocycles. The van der Waals surface area contributed by atoms with Crippen LogP contribution in [0.25, 0.3) is 11.1 Å². The van der Waals surface area contributed by atoms with Gasteiger partial charge in [0.2, 0.25) is 29.5 Å². The summed E-state index contributed by atoms with van der Waals surface area (Å²) in [6, 6.07) is 31.8. The fourth-order valence-electron chi connectivity index (χ4n) is 6.02. The molecule has 0 radical (unpaired) electrons. The zero-order chi connectivity index (χ0) is 42.3. The highest BCUT2D eigenvalue weighted by molar-refractivity contribution is 7.09. The van der Waals surface area contributed by atoms with Crippen LogP contribution < -0.4 is 32.3 Å². The number of nitrogens with two attached hydrogens (primary N) is 1. The van der Waals surface area contributed by atoms with Crippen molar-refractivity contribution in [1.29, 1.82) is 0 Å². The van der Waals surface area contributed by atoms with E-state index in [1.807, 2.05) is 24.3 Å². The molecule has 0 fully saturated rings. The van der Waals surface area contributed by atoms with Gasteiger partial charge < -0.3 is 37.4 Å². The van der Waals surface area contributed by atoms with Gasteiger partial charge in [0.1, 0.15) is 24.2 Å². The number of halogens is 1. The molecule has 13 nitrogen and oxygen atoms in total. The molecule has 2 bridgehead atoms. The van der Waals surface area contributed by atoms with Gasteiger partial charge in [0.25, 0.3) is 5.91 Å². The quantitative estimate of drug-likeness (QED) is 0.126. The maximum Gasteiger partial charge on any atom is 0.253 e. The predicted molar refractivity (Wildman–Crippen MR) is 227 cm³/mol. The fraction of sp³-hybridized carbons (Fsp3) is 0.227. The molecule has 5 aromatic rings. The second-order valence-corrected chi connectivity index (χ2v) is 15.3. The highest BCUT2D eigenvalue weighted by Gasteiger charge is 2.29. The third-order valence-electron chi connectivity index (χ3n) is 9.23. The Bertz CT molecular complexity index is 2160. The second kappa shape index (κ2) is 21.4. The van der Waals surface area contributed by atoms with Crippen molar-refractivity contribution >= 4 is 64.1 Å². The molecule has 2 aliphatic heterocycles. The van der Waals surface area contributed by atoms with Gasteiger partial charge in [-0.15, -0.1) is 11.3 Å². The van der Waals surface area contributed by atoms with E-state index in [0.29, 0.717) is 11.3 Å². The van der Waals surface area contributed by atoms with Crippen LogP contribution in [0.3, 0.4) is 0 Å². The summed E-state index contributed by atoms with van der Waals surface area (Å²) in [4.78, 5) is 78.0. The molecule has 0 saturated heterocycles. The molecule has 7 rings (SSSR count). The van der Waals surface area contributed by atoms with E-state index in [1.165, 1.54) is 40.2 Å². The van der Waals surface area contributed by atoms with Crippen molar-refractivity contribution in [3.63, 3.8) is 0 Å². The van der Waals surface area contributed by atoms with Gasteiger partial charge in [-0.2, -0.15) is 0 Å². The summed E-state index contributed by atoms with van der Waals surface area (Å²) in [6.45, 7) is 1.57. The number of anilines is 1. The lowest BCUT2D eigenvalue weighted by molar-refractivity contribution is -0.134. The topological polar surface area (TPSA) is 209 Å². The fourth-order valence-corrected chi connectivity index (χ4v) is 6.90. The first kappa shape index (κ1) is 43.8. The van der Waals surface area contributed by atoms with Gasteiger partial charge in [-0.25, -0.2) is 0 Å². The Hall–Kier alpha value is -6.35. The molecule has 0 saturated carbocycles. The van der Waals surface area contributed by atoms with E-state index in [1.54, 1.807) is 60.0 Å². The van der Waals surface area contributed by atoms with E-state index in [9.17, 15) is 33.9 Å². The first-order chi connectivity index (χ1) is 28.3. The first-order valence-corrected chi connectivity index (χ1v) is 20.0. The Morgan fingerprint density at radius 2 is 1.34 bits per heavy atom. The Kier molecular flexibility index (Phi) is 15.9. The van der Waals surface area contributed by atoms with Crippen LogP contribution in [0.5, 0.6) is 0 Å². The van der Waals surface area contributed by atoms with Crippen molar-refractivity contribution in [2.24, 2.45) is 5.73 Å². The summed E-state index contributed by atoms with van der Waals surface area (Å²) < 4.78 is 0. The van der Waals surface area contributed by atoms with Crippen LogP contribution in [-0.2, 0) is 48.0 Å². The number of fused-ring (bicyclic) bond motifs is 18. The maximum absolute atomic E-state index is 13.4. The number of hydrogen-bond donors (Lipinski definition) is 7. The van der Waals surface area contributed by atoms with Crippen molar-refractivity contribution in [1.82, 2.24) is 21.3 Å². The molecule has 306 valence electrons. The summed E-state index contributed by atoms with van der Waals surface area (Å²) in [5.74, 6) is -4.43. The standard InChI is InChI=1S/C31H34N6O7S.C13H11Cl/c32-28(41)22-13-19-8-10-20(11-9-19)34-31(44)25(38)16-26(39)35-24(15-21-7-4-12-45-21)29(42)33-17-27(40)36-23(30(43)37-22)14-18-5-2-1-3-6-18;1-10-2-4-11(5-3-10)12-6-8-13(14)9-7-12/h1-12,22-25,38H,13-17H2,(H2,32,41)(H,33,42)(H,34,44)(H,35,39)(H,36,40)(H,37,43);2-9H,1H3/t22-,23+,24+,25+;/m0./s1. The second-order valence-electron chi connectivity index (χ2n) is 13.9. The average Bonchev–Trinajstić information content (AvgIpc) is 3.74. The highest BCUT2D eigenvalue weighted by Crippen LogP contribution is 2.22. The SMILES string of the molecule is Cc1ccc(-c2ccc(Cl)cc2)cc1.NC(=O)[C@@H]1Cc2ccc(cc2)NC(=O)[C@H](O)CC(=O)N[C@H](Cc2cccs2)C(=O)NCC(=O)N[C@H](Cc2ccccc2)C(=O)N1. The summed E-state index contributed by atoms with van der Waals surface area (Å²) >= 11 is 7.19. The Labute approximate surface area is 350 Å². The molecule has 8 N–H and O–H groups in total. The number of rotatable bonds is 6. The molecule has 3 heterocycles. The van der Waals surface area contributed by atoms with Gasteiger partial charge in [0, 0.05) is 34.8 Å². The number of aliphatic hydroxyl groups excluding tert-OH is 1. The summed E-state index contributed by atoms with van der Waals surface area (Å²) in [7, 11) is 0. The zero-order valence-corrected chi connectivity index (χ0v) is 33.7. The molecule has 15 heteroatoms. The number of carbonyl (C=O) groups is 6. The number of nitrogens with one attached hydrogen (secondary N) is 5. The number of thiophene rings is 1. The van der Waals surface area contributed by atoms with Crippen LogP contribution in [0.2, 0.25) is 5.02 Å². The number of amides is 6. The molecule has 0 spiro atoms. The van der Waals surface area contributed by atoms with E-state index >= 15 is 0 Å². The normalized spacial score (nSPS) is 19.3. The lowest BCUT2D eigenvalue weighted by atomic mass is 10.0. The molecule has 0 aliphatic carbocycles. The third kappa shape index (κ3) is 13.9. The van der Waals surface area contributed by atoms with Gasteiger partial charge in [-0.05, 0) is 64.9 Å². The molecule has 2 aliphatic rings. The van der Waals surface area contributed by atoms with Gasteiger partial charge in [-0.1, -0.05) is 102 Å². The van der Waals surface area contributed by atoms with E-state index in [-0.39, 0.29) is 19.3 Å². The summed E-state index contributed by atoms with van der Waals surface area (Å²) in [5.41, 5.74) is 11.0. The van der Waals surface area contributed by atoms with Crippen LogP contribution >= 0.6 is 22.9 Å². The smallest absolute Gasteiger partial charge is 0.253 e. The van der Waals surface area contributed by atoms with Crippen molar-refractivity contribution < 1.29 is 33.9 Å². The van der Waals surface area contributed by atoms with Crippen molar-refractivity contribution in [2.75, 3.05) is 11.9 Å². The van der Waals surface area contributed by atoms with E-state index in [4.69, 9.17) is 17.3 Å². The van der Waals surface area contributed by atoms with Crippen LogP contribution in [0.15, 0.2) is 121 Å². The van der Waals surface area contributed by atoms with Crippen molar-refractivity contribution in [3.8, 4) is 11.1 Å². The molecular formula is C44H45ClN6O7S. The van der Waals surface area contributed by atoms with Crippen LogP contribution in [0.4, 0.5) is 5.69 Å².